The molecular formula is C11H17BrN2O2. The molecule has 1 aliphatic rings. The average Bonchev–Trinajstić information content (AvgIpc) is 2.12. The van der Waals surface area contributed by atoms with Gasteiger partial charge in [-0.25, -0.2) is 10.2 Å². The molecule has 0 unspecified atom stereocenters. The lowest BCUT2D eigenvalue weighted by molar-refractivity contribution is 0.0529. The zero-order chi connectivity index (χ0) is 12.2. The molecule has 16 heavy (non-hydrogen) atoms. The second-order valence-electron chi connectivity index (χ2n) is 4.66. The van der Waals surface area contributed by atoms with E-state index in [1.54, 1.807) is 0 Å². The number of hydrogen-bond donors (Lipinski definition) is 1. The van der Waals surface area contributed by atoms with Gasteiger partial charge in [-0.1, -0.05) is 15.9 Å². The number of hydrogen-bond acceptors (Lipinski definition) is 3. The van der Waals surface area contributed by atoms with Crippen molar-refractivity contribution in [3.63, 3.8) is 0 Å². The van der Waals surface area contributed by atoms with Crippen LogP contribution in [-0.2, 0) is 4.74 Å². The maximum Gasteiger partial charge on any atom is 0.428 e. The summed E-state index contributed by atoms with van der Waals surface area (Å²) in [5.41, 5.74) is 2.76. The van der Waals surface area contributed by atoms with E-state index >= 15 is 0 Å². The Kier molecular flexibility index (Phi) is 4.53. The molecule has 0 radical (unpaired) electrons. The predicted molar refractivity (Wildman–Crippen MR) is 67.7 cm³/mol. The highest BCUT2D eigenvalue weighted by Gasteiger charge is 2.15. The lowest BCUT2D eigenvalue weighted by Gasteiger charge is -2.18. The van der Waals surface area contributed by atoms with Crippen LogP contribution in [0.15, 0.2) is 15.7 Å². The number of allylic oxidation sites excluding steroid dienone is 2. The van der Waals surface area contributed by atoms with Crippen LogP contribution in [0.25, 0.3) is 0 Å². The highest BCUT2D eigenvalue weighted by molar-refractivity contribution is 9.11. The molecule has 0 aromatic carbocycles. The van der Waals surface area contributed by atoms with Gasteiger partial charge in [-0.05, 0) is 50.6 Å². The molecule has 5 heteroatoms. The molecule has 0 heterocycles. The molecule has 0 bridgehead atoms. The van der Waals surface area contributed by atoms with E-state index < -0.39 is 11.7 Å². The van der Waals surface area contributed by atoms with Crippen LogP contribution in [0.3, 0.4) is 0 Å². The van der Waals surface area contributed by atoms with Gasteiger partial charge >= 0.3 is 6.09 Å². The lowest BCUT2D eigenvalue weighted by atomic mass is 10.1. The SMILES string of the molecule is CC(C)(C)OC(=O)N/N=C1\C=C(Br)CCC1. The second-order valence-corrected chi connectivity index (χ2v) is 5.68. The fraction of sp³-hybridized carbons (Fsp3) is 0.636. The van der Waals surface area contributed by atoms with Gasteiger partial charge in [0.15, 0.2) is 0 Å². The Morgan fingerprint density at radius 3 is 2.75 bits per heavy atom. The highest BCUT2D eigenvalue weighted by atomic mass is 79.9. The lowest BCUT2D eigenvalue weighted by Crippen LogP contribution is -2.30. The average molecular weight is 289 g/mol. The molecule has 0 saturated heterocycles. The summed E-state index contributed by atoms with van der Waals surface area (Å²) in [5.74, 6) is 0. The van der Waals surface area contributed by atoms with Crippen LogP contribution in [-0.4, -0.2) is 17.4 Å². The van der Waals surface area contributed by atoms with Crippen LogP contribution in [0.5, 0.6) is 0 Å². The van der Waals surface area contributed by atoms with Crippen LogP contribution in [0.2, 0.25) is 0 Å². The molecule has 0 aromatic heterocycles. The minimum atomic E-state index is -0.518. The van der Waals surface area contributed by atoms with Crippen molar-refractivity contribution in [3.8, 4) is 0 Å². The number of carbonyl (C=O) groups is 1. The van der Waals surface area contributed by atoms with Crippen molar-refractivity contribution in [2.45, 2.75) is 45.6 Å². The van der Waals surface area contributed by atoms with E-state index in [-0.39, 0.29) is 0 Å². The quantitative estimate of drug-likeness (QED) is 0.753. The number of halogens is 1. The molecule has 0 spiro atoms. The second kappa shape index (κ2) is 5.48. The molecule has 1 aliphatic carbocycles. The topological polar surface area (TPSA) is 50.7 Å². The summed E-state index contributed by atoms with van der Waals surface area (Å²) in [7, 11) is 0. The predicted octanol–water partition coefficient (Wildman–Crippen LogP) is 3.33. The summed E-state index contributed by atoms with van der Waals surface area (Å²) in [6, 6.07) is 0. The summed E-state index contributed by atoms with van der Waals surface area (Å²) < 4.78 is 6.18. The first-order chi connectivity index (χ1) is 7.37. The third kappa shape index (κ3) is 5.30. The molecule has 4 nitrogen and oxygen atoms in total. The van der Waals surface area contributed by atoms with E-state index in [0.29, 0.717) is 0 Å². The molecule has 1 amide bonds. The molecule has 0 aromatic rings. The molecule has 90 valence electrons. The van der Waals surface area contributed by atoms with E-state index in [1.165, 1.54) is 0 Å². The van der Waals surface area contributed by atoms with Gasteiger partial charge in [-0.15, -0.1) is 0 Å². The normalized spacial score (nSPS) is 19.2. The Labute approximate surface area is 104 Å². The van der Waals surface area contributed by atoms with Gasteiger partial charge in [0.2, 0.25) is 0 Å². The fourth-order valence-electron chi connectivity index (χ4n) is 1.27. The van der Waals surface area contributed by atoms with Crippen LogP contribution < -0.4 is 5.43 Å². The van der Waals surface area contributed by atoms with E-state index in [1.807, 2.05) is 26.8 Å². The standard InChI is InChI=1S/C11H17BrN2O2/c1-11(2,3)16-10(15)14-13-9-6-4-5-8(12)7-9/h7H,4-6H2,1-3H3,(H,14,15)/b13-9-. The van der Waals surface area contributed by atoms with Crippen molar-refractivity contribution in [1.29, 1.82) is 0 Å². The smallest absolute Gasteiger partial charge is 0.428 e. The number of nitrogens with zero attached hydrogens (tertiary/aromatic N) is 1. The molecule has 1 N–H and O–H groups in total. The summed E-state index contributed by atoms with van der Waals surface area (Å²) >= 11 is 3.42. The highest BCUT2D eigenvalue weighted by Crippen LogP contribution is 2.20. The zero-order valence-corrected chi connectivity index (χ0v) is 11.4. The van der Waals surface area contributed by atoms with Gasteiger partial charge in [0, 0.05) is 0 Å². The first kappa shape index (κ1) is 13.2. The van der Waals surface area contributed by atoms with Crippen LogP contribution in [0.1, 0.15) is 40.0 Å². The van der Waals surface area contributed by atoms with Crippen LogP contribution in [0, 0.1) is 0 Å². The Hall–Kier alpha value is -0.840. The van der Waals surface area contributed by atoms with E-state index in [2.05, 4.69) is 26.5 Å². The van der Waals surface area contributed by atoms with Crippen molar-refractivity contribution in [2.75, 3.05) is 0 Å². The van der Waals surface area contributed by atoms with Gasteiger partial charge in [-0.3, -0.25) is 0 Å². The number of amides is 1. The number of nitrogens with one attached hydrogen (secondary N) is 1. The minimum absolute atomic E-state index is 0.493. The Bertz CT molecular complexity index is 329. The largest absolute Gasteiger partial charge is 0.443 e. The fourth-order valence-corrected chi connectivity index (χ4v) is 1.81. The van der Waals surface area contributed by atoms with E-state index in [4.69, 9.17) is 4.74 Å². The molecule has 1 rings (SSSR count). The van der Waals surface area contributed by atoms with Gasteiger partial charge in [0.05, 0.1) is 5.71 Å². The molecule has 0 atom stereocenters. The summed E-state index contributed by atoms with van der Waals surface area (Å²) in [4.78, 5) is 11.3. The maximum absolute atomic E-state index is 11.3. The van der Waals surface area contributed by atoms with Crippen molar-refractivity contribution in [1.82, 2.24) is 5.43 Å². The van der Waals surface area contributed by atoms with Crippen molar-refractivity contribution < 1.29 is 9.53 Å². The van der Waals surface area contributed by atoms with Gasteiger partial charge in [0.1, 0.15) is 5.60 Å². The van der Waals surface area contributed by atoms with Crippen LogP contribution in [0.4, 0.5) is 4.79 Å². The van der Waals surface area contributed by atoms with Crippen molar-refractivity contribution in [2.24, 2.45) is 5.10 Å². The van der Waals surface area contributed by atoms with Gasteiger partial charge in [0.25, 0.3) is 0 Å². The first-order valence-corrected chi connectivity index (χ1v) is 6.08. The summed E-state index contributed by atoms with van der Waals surface area (Å²) in [6.07, 6.45) is 4.37. The van der Waals surface area contributed by atoms with Crippen molar-refractivity contribution in [3.05, 3.63) is 10.6 Å². The Morgan fingerprint density at radius 2 is 2.19 bits per heavy atom. The molecular weight excluding hydrogens is 272 g/mol. The number of ether oxygens (including phenoxy) is 1. The zero-order valence-electron chi connectivity index (χ0n) is 9.84. The molecule has 0 fully saturated rings. The Balaban J connectivity index is 2.47. The molecule has 0 saturated carbocycles. The summed E-state index contributed by atoms with van der Waals surface area (Å²) in [5, 5.41) is 4.00. The van der Waals surface area contributed by atoms with E-state index in [9.17, 15) is 4.79 Å². The number of rotatable bonds is 1. The third-order valence-electron chi connectivity index (χ3n) is 1.86. The minimum Gasteiger partial charge on any atom is -0.443 e. The molecule has 0 aliphatic heterocycles. The third-order valence-corrected chi connectivity index (χ3v) is 2.49. The van der Waals surface area contributed by atoms with Gasteiger partial charge < -0.3 is 4.74 Å². The van der Waals surface area contributed by atoms with Gasteiger partial charge in [-0.2, -0.15) is 5.10 Å². The first-order valence-electron chi connectivity index (χ1n) is 5.28. The van der Waals surface area contributed by atoms with Crippen LogP contribution >= 0.6 is 15.9 Å². The Morgan fingerprint density at radius 1 is 1.50 bits per heavy atom. The summed E-state index contributed by atoms with van der Waals surface area (Å²) in [6.45, 7) is 5.45. The van der Waals surface area contributed by atoms with Crippen molar-refractivity contribution >= 4 is 27.7 Å². The van der Waals surface area contributed by atoms with E-state index in [0.717, 1.165) is 29.5 Å². The maximum atomic E-state index is 11.3. The number of hydrazone groups is 1. The monoisotopic (exact) mass is 288 g/mol. The number of carbonyl (C=O) groups excluding carboxylic acids is 1.